The van der Waals surface area contributed by atoms with Gasteiger partial charge >= 0.3 is 0 Å². The number of methoxy groups -OCH3 is 1. The van der Waals surface area contributed by atoms with Gasteiger partial charge < -0.3 is 20.5 Å². The van der Waals surface area contributed by atoms with Gasteiger partial charge in [0.15, 0.2) is 0 Å². The van der Waals surface area contributed by atoms with Gasteiger partial charge in [-0.25, -0.2) is 4.39 Å². The number of hydrogen-bond acceptors (Lipinski definition) is 4. The van der Waals surface area contributed by atoms with Crippen LogP contribution in [-0.4, -0.2) is 38.5 Å². The topological polar surface area (TPSA) is 58.7 Å². The summed E-state index contributed by atoms with van der Waals surface area (Å²) in [6.45, 7) is 3.09. The number of nitrogens with zero attached hydrogens (tertiary/aromatic N) is 1. The second-order valence-electron chi connectivity index (χ2n) is 4.17. The number of halogens is 1. The molecular formula is C13H21FN2O2. The first kappa shape index (κ1) is 14.9. The second-order valence-corrected chi connectivity index (χ2v) is 4.17. The minimum atomic E-state index is -0.325. The van der Waals surface area contributed by atoms with E-state index in [2.05, 4.69) is 0 Å². The van der Waals surface area contributed by atoms with E-state index >= 15 is 0 Å². The number of aliphatic hydroxyl groups is 1. The van der Waals surface area contributed by atoms with Crippen molar-refractivity contribution < 1.29 is 14.2 Å². The number of anilines is 1. The summed E-state index contributed by atoms with van der Waals surface area (Å²) in [4.78, 5) is 1.76. The average molecular weight is 256 g/mol. The Hall–Kier alpha value is -1.17. The Balaban J connectivity index is 3.08. The molecule has 0 aliphatic rings. The molecule has 0 saturated carbocycles. The molecule has 0 aliphatic carbocycles. The van der Waals surface area contributed by atoms with Gasteiger partial charge in [-0.2, -0.15) is 0 Å². The lowest BCUT2D eigenvalue weighted by molar-refractivity contribution is 0.202. The summed E-state index contributed by atoms with van der Waals surface area (Å²) in [6.07, 6.45) is 0. The summed E-state index contributed by atoms with van der Waals surface area (Å²) in [7, 11) is 1.59. The summed E-state index contributed by atoms with van der Waals surface area (Å²) in [5, 5.41) is 9.08. The van der Waals surface area contributed by atoms with Crippen molar-refractivity contribution in [2.24, 2.45) is 5.73 Å². The van der Waals surface area contributed by atoms with Crippen LogP contribution >= 0.6 is 0 Å². The van der Waals surface area contributed by atoms with Crippen molar-refractivity contribution in [3.8, 4) is 0 Å². The smallest absolute Gasteiger partial charge is 0.146 e. The fourth-order valence-corrected chi connectivity index (χ4v) is 1.89. The molecule has 0 aliphatic heterocycles. The van der Waals surface area contributed by atoms with Crippen molar-refractivity contribution in [1.82, 2.24) is 0 Å². The molecular weight excluding hydrogens is 235 g/mol. The van der Waals surface area contributed by atoms with E-state index in [1.54, 1.807) is 24.1 Å². The largest absolute Gasteiger partial charge is 0.395 e. The molecule has 18 heavy (non-hydrogen) atoms. The highest BCUT2D eigenvalue weighted by Crippen LogP contribution is 2.28. The fraction of sp³-hybridized carbons (Fsp3) is 0.538. The molecule has 0 amide bonds. The summed E-state index contributed by atoms with van der Waals surface area (Å²) in [6, 6.07) is 4.59. The number of rotatable bonds is 7. The molecule has 1 aromatic carbocycles. The van der Waals surface area contributed by atoms with Gasteiger partial charge in [0.2, 0.25) is 0 Å². The Bertz CT molecular complexity index is 372. The highest BCUT2D eigenvalue weighted by molar-refractivity contribution is 5.56. The van der Waals surface area contributed by atoms with Gasteiger partial charge in [0, 0.05) is 26.2 Å². The minimum absolute atomic E-state index is 0.0452. The van der Waals surface area contributed by atoms with Crippen molar-refractivity contribution in [2.75, 3.05) is 38.3 Å². The van der Waals surface area contributed by atoms with Gasteiger partial charge in [0.05, 0.1) is 18.9 Å². The van der Waals surface area contributed by atoms with E-state index in [1.807, 2.05) is 6.92 Å². The Morgan fingerprint density at radius 1 is 1.44 bits per heavy atom. The van der Waals surface area contributed by atoms with Gasteiger partial charge in [-0.05, 0) is 18.6 Å². The summed E-state index contributed by atoms with van der Waals surface area (Å²) in [5.41, 5.74) is 7.05. The molecule has 0 fully saturated rings. The third kappa shape index (κ3) is 3.66. The van der Waals surface area contributed by atoms with Gasteiger partial charge in [-0.15, -0.1) is 0 Å². The third-order valence-electron chi connectivity index (χ3n) is 2.76. The summed E-state index contributed by atoms with van der Waals surface area (Å²) < 4.78 is 19.0. The summed E-state index contributed by atoms with van der Waals surface area (Å²) >= 11 is 0. The maximum Gasteiger partial charge on any atom is 0.146 e. The van der Waals surface area contributed by atoms with E-state index in [-0.39, 0.29) is 18.5 Å². The zero-order chi connectivity index (χ0) is 13.5. The fourth-order valence-electron chi connectivity index (χ4n) is 1.89. The van der Waals surface area contributed by atoms with Crippen LogP contribution in [0, 0.1) is 5.82 Å². The van der Waals surface area contributed by atoms with Crippen LogP contribution < -0.4 is 10.6 Å². The van der Waals surface area contributed by atoms with Crippen molar-refractivity contribution in [2.45, 2.75) is 13.0 Å². The highest BCUT2D eigenvalue weighted by atomic mass is 19.1. The quantitative estimate of drug-likeness (QED) is 0.772. The Kier molecular flexibility index (Phi) is 6.04. The van der Waals surface area contributed by atoms with Gasteiger partial charge in [0.25, 0.3) is 0 Å². The summed E-state index contributed by atoms with van der Waals surface area (Å²) in [5.74, 6) is -0.325. The Morgan fingerprint density at radius 2 is 2.17 bits per heavy atom. The molecule has 1 atom stereocenters. The van der Waals surface area contributed by atoms with Crippen LogP contribution in [0.25, 0.3) is 0 Å². The third-order valence-corrected chi connectivity index (χ3v) is 2.76. The lowest BCUT2D eigenvalue weighted by atomic mass is 10.1. The van der Waals surface area contributed by atoms with Crippen molar-refractivity contribution in [3.05, 3.63) is 29.6 Å². The number of ether oxygens (including phenoxy) is 1. The number of hydrogen-bond donors (Lipinski definition) is 2. The zero-order valence-corrected chi connectivity index (χ0v) is 10.9. The number of nitrogens with two attached hydrogens (primary N) is 1. The standard InChI is InChI=1S/C13H21FN2O2/c1-10(15)11-4-3-5-12(14)13(11)16(6-8-17)7-9-18-2/h3-5,10,17H,6-9,15H2,1-2H3. The Labute approximate surface area is 107 Å². The predicted molar refractivity (Wildman–Crippen MR) is 70.2 cm³/mol. The van der Waals surface area contributed by atoms with E-state index in [0.717, 1.165) is 5.56 Å². The van der Waals surface area contributed by atoms with Crippen LogP contribution in [0.5, 0.6) is 0 Å². The molecule has 3 N–H and O–H groups in total. The molecule has 102 valence electrons. The monoisotopic (exact) mass is 256 g/mol. The van der Waals surface area contributed by atoms with Gasteiger partial charge in [-0.3, -0.25) is 0 Å². The molecule has 0 radical (unpaired) electrons. The SMILES string of the molecule is COCCN(CCO)c1c(F)cccc1C(C)N. The maximum absolute atomic E-state index is 14.0. The molecule has 0 heterocycles. The first-order chi connectivity index (χ1) is 8.61. The maximum atomic E-state index is 14.0. The van der Waals surface area contributed by atoms with Crippen LogP contribution in [0.1, 0.15) is 18.5 Å². The lowest BCUT2D eigenvalue weighted by Gasteiger charge is -2.27. The van der Waals surface area contributed by atoms with Crippen LogP contribution in [0.15, 0.2) is 18.2 Å². The molecule has 5 heteroatoms. The number of aliphatic hydroxyl groups excluding tert-OH is 1. The lowest BCUT2D eigenvalue weighted by Crippen LogP contribution is -2.32. The van der Waals surface area contributed by atoms with Crippen molar-refractivity contribution in [1.29, 1.82) is 0 Å². The number of benzene rings is 1. The molecule has 4 nitrogen and oxygen atoms in total. The van der Waals surface area contributed by atoms with E-state index < -0.39 is 0 Å². The second kappa shape index (κ2) is 7.31. The predicted octanol–water partition coefficient (Wildman–Crippen LogP) is 1.29. The van der Waals surface area contributed by atoms with E-state index in [1.165, 1.54) is 6.07 Å². The molecule has 0 aromatic heterocycles. The van der Waals surface area contributed by atoms with E-state index in [9.17, 15) is 4.39 Å². The first-order valence-corrected chi connectivity index (χ1v) is 6.00. The van der Waals surface area contributed by atoms with Crippen LogP contribution in [-0.2, 0) is 4.74 Å². The Morgan fingerprint density at radius 3 is 2.72 bits per heavy atom. The normalized spacial score (nSPS) is 12.5. The van der Waals surface area contributed by atoms with Crippen LogP contribution in [0.4, 0.5) is 10.1 Å². The molecule has 1 unspecified atom stereocenters. The molecule has 1 rings (SSSR count). The molecule has 0 spiro atoms. The highest BCUT2D eigenvalue weighted by Gasteiger charge is 2.17. The van der Waals surface area contributed by atoms with Crippen LogP contribution in [0.3, 0.4) is 0 Å². The zero-order valence-electron chi connectivity index (χ0n) is 10.9. The van der Waals surface area contributed by atoms with Gasteiger partial charge in [0.1, 0.15) is 5.82 Å². The van der Waals surface area contributed by atoms with E-state index in [4.69, 9.17) is 15.6 Å². The van der Waals surface area contributed by atoms with Crippen molar-refractivity contribution in [3.63, 3.8) is 0 Å². The van der Waals surface area contributed by atoms with E-state index in [0.29, 0.717) is 25.4 Å². The molecule has 1 aromatic rings. The van der Waals surface area contributed by atoms with Crippen molar-refractivity contribution >= 4 is 5.69 Å². The van der Waals surface area contributed by atoms with Gasteiger partial charge in [-0.1, -0.05) is 12.1 Å². The first-order valence-electron chi connectivity index (χ1n) is 6.00. The molecule has 0 saturated heterocycles. The van der Waals surface area contributed by atoms with Crippen LogP contribution in [0.2, 0.25) is 0 Å². The number of para-hydroxylation sites is 1. The average Bonchev–Trinajstić information content (AvgIpc) is 2.34. The molecule has 0 bridgehead atoms. The minimum Gasteiger partial charge on any atom is -0.395 e.